The third kappa shape index (κ3) is 4.52. The molecule has 1 atom stereocenters. The number of hydrogen-bond acceptors (Lipinski definition) is 2. The number of likely N-dealkylation sites (tertiary alicyclic amines) is 1. The van der Waals surface area contributed by atoms with Crippen LogP contribution in [-0.2, 0) is 9.53 Å². The molecule has 0 aliphatic carbocycles. The van der Waals surface area contributed by atoms with E-state index in [9.17, 15) is 4.79 Å². The number of rotatable bonds is 6. The summed E-state index contributed by atoms with van der Waals surface area (Å²) in [7, 11) is 0. The molecule has 1 heterocycles. The molecule has 0 aromatic heterocycles. The van der Waals surface area contributed by atoms with Gasteiger partial charge in [0.25, 0.3) is 0 Å². The van der Waals surface area contributed by atoms with Crippen molar-refractivity contribution in [3.05, 3.63) is 0 Å². The highest BCUT2D eigenvalue weighted by Gasteiger charge is 2.22. The smallest absolute Gasteiger partial charge is 0.222 e. The fourth-order valence-electron chi connectivity index (χ4n) is 2.20. The van der Waals surface area contributed by atoms with E-state index in [1.807, 2.05) is 11.8 Å². The zero-order valence-electron chi connectivity index (χ0n) is 10.7. The maximum atomic E-state index is 11.9. The third-order valence-electron chi connectivity index (χ3n) is 3.17. The van der Waals surface area contributed by atoms with E-state index in [0.717, 1.165) is 52.0 Å². The number of piperidine rings is 1. The Balaban J connectivity index is 2.28. The predicted octanol–water partition coefficient (Wildman–Crippen LogP) is 2.45. The van der Waals surface area contributed by atoms with Crippen LogP contribution in [0.2, 0.25) is 0 Å². The monoisotopic (exact) mass is 227 g/mol. The minimum absolute atomic E-state index is 0.336. The van der Waals surface area contributed by atoms with Crippen LogP contribution in [0.3, 0.4) is 0 Å². The topological polar surface area (TPSA) is 29.5 Å². The van der Waals surface area contributed by atoms with Gasteiger partial charge in [0.1, 0.15) is 0 Å². The summed E-state index contributed by atoms with van der Waals surface area (Å²) in [6.07, 6.45) is 5.18. The average Bonchev–Trinajstić information content (AvgIpc) is 2.33. The largest absolute Gasteiger partial charge is 0.381 e. The molecular weight excluding hydrogens is 202 g/mol. The lowest BCUT2D eigenvalue weighted by atomic mass is 9.98. The van der Waals surface area contributed by atoms with E-state index in [-0.39, 0.29) is 0 Å². The molecule has 3 heteroatoms. The van der Waals surface area contributed by atoms with E-state index < -0.39 is 0 Å². The summed E-state index contributed by atoms with van der Waals surface area (Å²) in [5.74, 6) is 0.891. The molecule has 3 nitrogen and oxygen atoms in total. The van der Waals surface area contributed by atoms with Crippen molar-refractivity contribution in [1.29, 1.82) is 0 Å². The number of nitrogens with zero attached hydrogens (tertiary/aromatic N) is 1. The van der Waals surface area contributed by atoms with Gasteiger partial charge < -0.3 is 9.64 Å². The van der Waals surface area contributed by atoms with Gasteiger partial charge in [-0.25, -0.2) is 0 Å². The first-order chi connectivity index (χ1) is 7.77. The van der Waals surface area contributed by atoms with Gasteiger partial charge in [0.15, 0.2) is 0 Å². The molecule has 0 aromatic rings. The van der Waals surface area contributed by atoms with Gasteiger partial charge in [0, 0.05) is 26.1 Å². The zero-order valence-corrected chi connectivity index (χ0v) is 10.7. The van der Waals surface area contributed by atoms with Crippen molar-refractivity contribution in [3.63, 3.8) is 0 Å². The fourth-order valence-corrected chi connectivity index (χ4v) is 2.20. The van der Waals surface area contributed by atoms with Gasteiger partial charge >= 0.3 is 0 Å². The normalized spacial score (nSPS) is 21.1. The molecule has 0 aromatic carbocycles. The lowest BCUT2D eigenvalue weighted by molar-refractivity contribution is -0.133. The van der Waals surface area contributed by atoms with Crippen LogP contribution in [0.4, 0.5) is 0 Å². The molecule has 1 unspecified atom stereocenters. The second-order valence-corrected chi connectivity index (χ2v) is 4.61. The van der Waals surface area contributed by atoms with Crippen LogP contribution in [0.1, 0.15) is 46.0 Å². The number of unbranched alkanes of at least 4 members (excludes halogenated alkanes) is 1. The van der Waals surface area contributed by atoms with Crippen LogP contribution in [0.15, 0.2) is 0 Å². The first-order valence-corrected chi connectivity index (χ1v) is 6.63. The Morgan fingerprint density at radius 3 is 2.94 bits per heavy atom. The number of hydrogen-bond donors (Lipinski definition) is 0. The summed E-state index contributed by atoms with van der Waals surface area (Å²) < 4.78 is 5.44. The Morgan fingerprint density at radius 1 is 1.44 bits per heavy atom. The third-order valence-corrected chi connectivity index (χ3v) is 3.17. The van der Waals surface area contributed by atoms with Crippen molar-refractivity contribution in [2.75, 3.05) is 26.3 Å². The van der Waals surface area contributed by atoms with Crippen LogP contribution >= 0.6 is 0 Å². The lowest BCUT2D eigenvalue weighted by Gasteiger charge is -2.32. The minimum atomic E-state index is 0.336. The van der Waals surface area contributed by atoms with E-state index in [2.05, 4.69) is 6.92 Å². The summed E-state index contributed by atoms with van der Waals surface area (Å²) in [6, 6.07) is 0. The van der Waals surface area contributed by atoms with E-state index in [1.165, 1.54) is 6.42 Å². The first kappa shape index (κ1) is 13.5. The Kier molecular flexibility index (Phi) is 6.46. The number of carbonyl (C=O) groups excluding carboxylic acids is 1. The lowest BCUT2D eigenvalue weighted by Crippen LogP contribution is -2.41. The van der Waals surface area contributed by atoms with Gasteiger partial charge in [0.2, 0.25) is 5.91 Å². The molecule has 0 spiro atoms. The minimum Gasteiger partial charge on any atom is -0.381 e. The second-order valence-electron chi connectivity index (χ2n) is 4.61. The van der Waals surface area contributed by atoms with E-state index >= 15 is 0 Å². The average molecular weight is 227 g/mol. The van der Waals surface area contributed by atoms with Gasteiger partial charge in [-0.3, -0.25) is 4.79 Å². The maximum Gasteiger partial charge on any atom is 0.222 e. The molecule has 16 heavy (non-hydrogen) atoms. The zero-order chi connectivity index (χ0) is 11.8. The summed E-state index contributed by atoms with van der Waals surface area (Å²) in [5.41, 5.74) is 0. The van der Waals surface area contributed by atoms with Crippen LogP contribution in [-0.4, -0.2) is 37.1 Å². The highest BCUT2D eigenvalue weighted by Crippen LogP contribution is 2.18. The number of carbonyl (C=O) groups is 1. The van der Waals surface area contributed by atoms with Crippen LogP contribution in [0.5, 0.6) is 0 Å². The standard InChI is InChI=1S/C13H25NO2/c1-3-5-8-13(15)14-9-6-7-12(10-14)11-16-4-2/h12H,3-11H2,1-2H3. The molecule has 1 amide bonds. The molecule has 1 fully saturated rings. The van der Waals surface area contributed by atoms with Crippen molar-refractivity contribution < 1.29 is 9.53 Å². The van der Waals surface area contributed by atoms with Crippen molar-refractivity contribution in [2.24, 2.45) is 5.92 Å². The van der Waals surface area contributed by atoms with Crippen LogP contribution in [0.25, 0.3) is 0 Å². The second kappa shape index (κ2) is 7.66. The van der Waals surface area contributed by atoms with Crippen molar-refractivity contribution >= 4 is 5.91 Å². The molecular formula is C13H25NO2. The van der Waals surface area contributed by atoms with Gasteiger partial charge in [0.05, 0.1) is 6.61 Å². The molecule has 1 aliphatic rings. The highest BCUT2D eigenvalue weighted by molar-refractivity contribution is 5.76. The Labute approximate surface area is 99.1 Å². The fraction of sp³-hybridized carbons (Fsp3) is 0.923. The van der Waals surface area contributed by atoms with Crippen LogP contribution in [0, 0.1) is 5.92 Å². The SMILES string of the molecule is CCCCC(=O)N1CCCC(COCC)C1. The van der Waals surface area contributed by atoms with Gasteiger partial charge in [-0.2, -0.15) is 0 Å². The van der Waals surface area contributed by atoms with Crippen LogP contribution < -0.4 is 0 Å². The van der Waals surface area contributed by atoms with Gasteiger partial charge in [-0.1, -0.05) is 13.3 Å². The number of ether oxygens (including phenoxy) is 1. The highest BCUT2D eigenvalue weighted by atomic mass is 16.5. The summed E-state index contributed by atoms with van der Waals surface area (Å²) >= 11 is 0. The Bertz CT molecular complexity index is 206. The molecule has 0 radical (unpaired) electrons. The van der Waals surface area contributed by atoms with Crippen molar-refractivity contribution in [3.8, 4) is 0 Å². The first-order valence-electron chi connectivity index (χ1n) is 6.63. The molecule has 0 N–H and O–H groups in total. The number of amides is 1. The summed E-state index contributed by atoms with van der Waals surface area (Å²) in [4.78, 5) is 13.9. The summed E-state index contributed by atoms with van der Waals surface area (Å²) in [6.45, 7) is 7.59. The molecule has 1 saturated heterocycles. The van der Waals surface area contributed by atoms with Crippen molar-refractivity contribution in [1.82, 2.24) is 4.90 Å². The van der Waals surface area contributed by atoms with E-state index in [1.54, 1.807) is 0 Å². The van der Waals surface area contributed by atoms with Gasteiger partial charge in [-0.15, -0.1) is 0 Å². The van der Waals surface area contributed by atoms with E-state index in [0.29, 0.717) is 11.8 Å². The molecule has 1 aliphatic heterocycles. The molecule has 0 saturated carbocycles. The van der Waals surface area contributed by atoms with Gasteiger partial charge in [-0.05, 0) is 32.1 Å². The predicted molar refractivity (Wildman–Crippen MR) is 65.3 cm³/mol. The molecule has 0 bridgehead atoms. The quantitative estimate of drug-likeness (QED) is 0.697. The Morgan fingerprint density at radius 2 is 2.25 bits per heavy atom. The molecule has 94 valence electrons. The summed E-state index contributed by atoms with van der Waals surface area (Å²) in [5, 5.41) is 0. The Hall–Kier alpha value is -0.570. The molecule has 1 rings (SSSR count). The maximum absolute atomic E-state index is 11.9. The van der Waals surface area contributed by atoms with E-state index in [4.69, 9.17) is 4.74 Å². The van der Waals surface area contributed by atoms with Crippen molar-refractivity contribution in [2.45, 2.75) is 46.0 Å².